The second-order valence-corrected chi connectivity index (χ2v) is 7.52. The fourth-order valence-corrected chi connectivity index (χ4v) is 4.16. The summed E-state index contributed by atoms with van der Waals surface area (Å²) < 4.78 is 13.6. The van der Waals surface area contributed by atoms with Gasteiger partial charge in [0.1, 0.15) is 5.82 Å². The second-order valence-electron chi connectivity index (χ2n) is 7.52. The molecule has 28 heavy (non-hydrogen) atoms. The number of piperidine rings is 1. The van der Waals surface area contributed by atoms with Gasteiger partial charge in [0.25, 0.3) is 0 Å². The van der Waals surface area contributed by atoms with Gasteiger partial charge in [-0.2, -0.15) is 0 Å². The first-order valence-electron chi connectivity index (χ1n) is 9.82. The van der Waals surface area contributed by atoms with E-state index in [2.05, 4.69) is 5.32 Å². The minimum Gasteiger partial charge on any atom is -0.359 e. The number of benzene rings is 2. The molecule has 3 rings (SSSR count). The van der Waals surface area contributed by atoms with Gasteiger partial charge in [0, 0.05) is 26.6 Å². The Morgan fingerprint density at radius 2 is 1.86 bits per heavy atom. The summed E-state index contributed by atoms with van der Waals surface area (Å²) in [5, 5.41) is 2.80. The zero-order chi connectivity index (χ0) is 20.1. The van der Waals surface area contributed by atoms with Crippen LogP contribution in [0.4, 0.5) is 4.39 Å². The van der Waals surface area contributed by atoms with Gasteiger partial charge < -0.3 is 10.2 Å². The van der Waals surface area contributed by atoms with Crippen molar-refractivity contribution in [3.05, 3.63) is 59.9 Å². The zero-order valence-electron chi connectivity index (χ0n) is 16.5. The van der Waals surface area contributed by atoms with Crippen molar-refractivity contribution in [3.8, 4) is 11.1 Å². The van der Waals surface area contributed by atoms with Crippen LogP contribution < -0.4 is 5.32 Å². The van der Waals surface area contributed by atoms with Gasteiger partial charge in [0.15, 0.2) is 0 Å². The summed E-state index contributed by atoms with van der Waals surface area (Å²) in [6.45, 7) is 2.99. The molecule has 1 unspecified atom stereocenters. The van der Waals surface area contributed by atoms with Crippen LogP contribution in [0.5, 0.6) is 0 Å². The van der Waals surface area contributed by atoms with Crippen LogP contribution in [0.3, 0.4) is 0 Å². The van der Waals surface area contributed by atoms with Crippen molar-refractivity contribution in [2.75, 3.05) is 20.1 Å². The van der Waals surface area contributed by atoms with E-state index in [1.807, 2.05) is 42.2 Å². The molecule has 1 atom stereocenters. The average molecular weight is 382 g/mol. The third-order valence-electron chi connectivity index (χ3n) is 5.57. The van der Waals surface area contributed by atoms with E-state index >= 15 is 0 Å². The van der Waals surface area contributed by atoms with Crippen molar-refractivity contribution in [2.24, 2.45) is 5.41 Å². The van der Waals surface area contributed by atoms with Gasteiger partial charge in [-0.1, -0.05) is 43.3 Å². The molecule has 1 aliphatic rings. The third kappa shape index (κ3) is 4.24. The fourth-order valence-electron chi connectivity index (χ4n) is 4.16. The topological polar surface area (TPSA) is 49.4 Å². The van der Waals surface area contributed by atoms with Crippen LogP contribution in [-0.4, -0.2) is 36.9 Å². The standard InChI is InChI=1S/C23H27FN2O2/c1-3-21(27)26-12-6-11-23(16-26,22(28)25-2)15-17-7-4-8-18(13-17)19-9-5-10-20(24)14-19/h4-5,7-10,13-14H,3,6,11-12,15-16H2,1-2H3,(H,25,28). The minimum absolute atomic E-state index is 0.0303. The second kappa shape index (κ2) is 8.55. The highest BCUT2D eigenvalue weighted by atomic mass is 19.1. The number of halogens is 1. The van der Waals surface area contributed by atoms with Gasteiger partial charge in [-0.3, -0.25) is 9.59 Å². The minimum atomic E-state index is -0.640. The average Bonchev–Trinajstić information content (AvgIpc) is 2.72. The number of amides is 2. The van der Waals surface area contributed by atoms with Crippen molar-refractivity contribution in [2.45, 2.75) is 32.6 Å². The van der Waals surface area contributed by atoms with Crippen molar-refractivity contribution in [1.29, 1.82) is 0 Å². The molecule has 4 nitrogen and oxygen atoms in total. The van der Waals surface area contributed by atoms with Crippen LogP contribution in [0.1, 0.15) is 31.7 Å². The summed E-state index contributed by atoms with van der Waals surface area (Å²) in [5.74, 6) is -0.218. The SMILES string of the molecule is CCC(=O)N1CCCC(Cc2cccc(-c3cccc(F)c3)c2)(C(=O)NC)C1. The number of carbonyl (C=O) groups is 2. The first kappa shape index (κ1) is 20.1. The van der Waals surface area contributed by atoms with Gasteiger partial charge in [0.2, 0.25) is 11.8 Å². The maximum Gasteiger partial charge on any atom is 0.228 e. The van der Waals surface area contributed by atoms with Crippen LogP contribution in [-0.2, 0) is 16.0 Å². The van der Waals surface area contributed by atoms with Crippen molar-refractivity contribution in [1.82, 2.24) is 10.2 Å². The lowest BCUT2D eigenvalue weighted by Gasteiger charge is -2.41. The number of nitrogens with one attached hydrogen (secondary N) is 1. The molecule has 1 saturated heterocycles. The molecule has 0 saturated carbocycles. The largest absolute Gasteiger partial charge is 0.359 e. The van der Waals surface area contributed by atoms with Crippen LogP contribution in [0.15, 0.2) is 48.5 Å². The van der Waals surface area contributed by atoms with E-state index in [9.17, 15) is 14.0 Å². The molecule has 0 spiro atoms. The maximum absolute atomic E-state index is 13.6. The molecule has 2 aromatic carbocycles. The first-order chi connectivity index (χ1) is 13.5. The Labute approximate surface area is 165 Å². The number of hydrogen-bond donors (Lipinski definition) is 1. The lowest BCUT2D eigenvalue weighted by atomic mass is 9.74. The highest BCUT2D eigenvalue weighted by molar-refractivity contribution is 5.85. The summed E-state index contributed by atoms with van der Waals surface area (Å²) in [5.41, 5.74) is 2.10. The summed E-state index contributed by atoms with van der Waals surface area (Å²) >= 11 is 0. The molecule has 2 aromatic rings. The normalized spacial score (nSPS) is 19.3. The Balaban J connectivity index is 1.91. The predicted octanol–water partition coefficient (Wildman–Crippen LogP) is 3.80. The lowest BCUT2D eigenvalue weighted by molar-refractivity contribution is -0.141. The van der Waals surface area contributed by atoms with Crippen molar-refractivity contribution < 1.29 is 14.0 Å². The zero-order valence-corrected chi connectivity index (χ0v) is 16.5. The lowest BCUT2D eigenvalue weighted by Crippen LogP contribution is -2.53. The number of hydrogen-bond acceptors (Lipinski definition) is 2. The van der Waals surface area contributed by atoms with E-state index in [0.717, 1.165) is 29.5 Å². The highest BCUT2D eigenvalue weighted by Gasteiger charge is 2.42. The van der Waals surface area contributed by atoms with Gasteiger partial charge in [0.05, 0.1) is 5.41 Å². The first-order valence-corrected chi connectivity index (χ1v) is 9.82. The van der Waals surface area contributed by atoms with Crippen molar-refractivity contribution in [3.63, 3.8) is 0 Å². The molecule has 5 heteroatoms. The van der Waals surface area contributed by atoms with Crippen LogP contribution in [0, 0.1) is 11.2 Å². The highest BCUT2D eigenvalue weighted by Crippen LogP contribution is 2.35. The number of rotatable bonds is 5. The molecule has 1 aliphatic heterocycles. The van der Waals surface area contributed by atoms with E-state index in [1.165, 1.54) is 12.1 Å². The summed E-state index contributed by atoms with van der Waals surface area (Å²) in [6, 6.07) is 14.4. The molecule has 0 bridgehead atoms. The van der Waals surface area contributed by atoms with Crippen molar-refractivity contribution >= 4 is 11.8 Å². The molecule has 0 radical (unpaired) electrons. The maximum atomic E-state index is 13.6. The molecule has 0 aromatic heterocycles. The fraction of sp³-hybridized carbons (Fsp3) is 0.391. The molecule has 1 fully saturated rings. The number of carbonyl (C=O) groups excluding carboxylic acids is 2. The van der Waals surface area contributed by atoms with Crippen LogP contribution in [0.25, 0.3) is 11.1 Å². The molecular formula is C23H27FN2O2. The summed E-state index contributed by atoms with van der Waals surface area (Å²) in [4.78, 5) is 26.9. The molecule has 1 N–H and O–H groups in total. The Hall–Kier alpha value is -2.69. The number of nitrogens with zero attached hydrogens (tertiary/aromatic N) is 1. The smallest absolute Gasteiger partial charge is 0.228 e. The van der Waals surface area contributed by atoms with Gasteiger partial charge >= 0.3 is 0 Å². The van der Waals surface area contributed by atoms with Gasteiger partial charge in [-0.05, 0) is 48.1 Å². The Morgan fingerprint density at radius 1 is 1.14 bits per heavy atom. The summed E-state index contributed by atoms with van der Waals surface area (Å²) in [7, 11) is 1.65. The molecule has 1 heterocycles. The summed E-state index contributed by atoms with van der Waals surface area (Å²) in [6.07, 6.45) is 2.54. The Morgan fingerprint density at radius 3 is 2.54 bits per heavy atom. The van der Waals surface area contributed by atoms with Crippen LogP contribution in [0.2, 0.25) is 0 Å². The molecule has 2 amide bonds. The molecule has 0 aliphatic carbocycles. The van der Waals surface area contributed by atoms with E-state index < -0.39 is 5.41 Å². The molecular weight excluding hydrogens is 355 g/mol. The number of likely N-dealkylation sites (tertiary alicyclic amines) is 1. The third-order valence-corrected chi connectivity index (χ3v) is 5.57. The van der Waals surface area contributed by atoms with E-state index in [0.29, 0.717) is 25.9 Å². The monoisotopic (exact) mass is 382 g/mol. The quantitative estimate of drug-likeness (QED) is 0.855. The Bertz CT molecular complexity index is 867. The molecule has 148 valence electrons. The van der Waals surface area contributed by atoms with Gasteiger partial charge in [-0.25, -0.2) is 4.39 Å². The van der Waals surface area contributed by atoms with E-state index in [1.54, 1.807) is 13.1 Å². The van der Waals surface area contributed by atoms with E-state index in [-0.39, 0.29) is 17.6 Å². The predicted molar refractivity (Wildman–Crippen MR) is 108 cm³/mol. The van der Waals surface area contributed by atoms with Crippen LogP contribution >= 0.6 is 0 Å². The van der Waals surface area contributed by atoms with E-state index in [4.69, 9.17) is 0 Å². The van der Waals surface area contributed by atoms with Gasteiger partial charge in [-0.15, -0.1) is 0 Å². The Kier molecular flexibility index (Phi) is 6.12.